The largest absolute Gasteiger partial charge is 0.382 e. The first-order valence-corrected chi connectivity index (χ1v) is 6.39. The average Bonchev–Trinajstić information content (AvgIpc) is 2.61. The highest BCUT2D eigenvalue weighted by molar-refractivity contribution is 5.65. The summed E-state index contributed by atoms with van der Waals surface area (Å²) < 4.78 is 0. The van der Waals surface area contributed by atoms with Gasteiger partial charge in [0.05, 0.1) is 5.69 Å². The summed E-state index contributed by atoms with van der Waals surface area (Å²) in [5.41, 5.74) is 1.16. The average molecular weight is 217 g/mol. The van der Waals surface area contributed by atoms with E-state index in [0.717, 1.165) is 24.0 Å². The maximum atomic E-state index is 4.43. The molecule has 2 atom stereocenters. The highest BCUT2D eigenvalue weighted by Gasteiger charge is 2.26. The lowest BCUT2D eigenvalue weighted by Crippen LogP contribution is -2.30. The van der Waals surface area contributed by atoms with Crippen LogP contribution in [0.15, 0.2) is 18.3 Å². The summed E-state index contributed by atoms with van der Waals surface area (Å²) in [6, 6.07) is 4.72. The molecule has 2 heterocycles. The van der Waals surface area contributed by atoms with E-state index in [1.165, 1.54) is 32.1 Å². The summed E-state index contributed by atoms with van der Waals surface area (Å²) >= 11 is 0. The number of pyridine rings is 1. The first-order chi connectivity index (χ1) is 7.93. The SMILES string of the molecule is c1cnc2c(c1)NCC1CCCCCC1N2. The summed E-state index contributed by atoms with van der Waals surface area (Å²) in [4.78, 5) is 4.43. The van der Waals surface area contributed by atoms with E-state index in [0.29, 0.717) is 6.04 Å². The molecule has 3 rings (SSSR count). The first-order valence-electron chi connectivity index (χ1n) is 6.39. The van der Waals surface area contributed by atoms with Gasteiger partial charge < -0.3 is 10.6 Å². The van der Waals surface area contributed by atoms with E-state index in [1.54, 1.807) is 0 Å². The van der Waals surface area contributed by atoms with E-state index in [4.69, 9.17) is 0 Å². The number of aromatic nitrogens is 1. The highest BCUT2D eigenvalue weighted by atomic mass is 15.1. The Labute approximate surface area is 96.7 Å². The van der Waals surface area contributed by atoms with Crippen molar-refractivity contribution in [2.45, 2.75) is 38.1 Å². The van der Waals surface area contributed by atoms with Crippen molar-refractivity contribution < 1.29 is 0 Å². The lowest BCUT2D eigenvalue weighted by Gasteiger charge is -2.23. The number of nitrogens with one attached hydrogen (secondary N) is 2. The molecule has 1 aromatic rings. The maximum absolute atomic E-state index is 4.43. The van der Waals surface area contributed by atoms with Crippen molar-refractivity contribution in [3.8, 4) is 0 Å². The zero-order valence-electron chi connectivity index (χ0n) is 9.58. The van der Waals surface area contributed by atoms with E-state index < -0.39 is 0 Å². The summed E-state index contributed by atoms with van der Waals surface area (Å²) in [6.45, 7) is 1.09. The summed E-state index contributed by atoms with van der Waals surface area (Å²) in [5, 5.41) is 7.15. The smallest absolute Gasteiger partial charge is 0.149 e. The normalized spacial score (nSPS) is 28.8. The number of nitrogens with zero attached hydrogens (tertiary/aromatic N) is 1. The zero-order chi connectivity index (χ0) is 10.8. The molecule has 0 amide bonds. The molecule has 1 aromatic heterocycles. The predicted molar refractivity (Wildman–Crippen MR) is 66.7 cm³/mol. The lowest BCUT2D eigenvalue weighted by molar-refractivity contribution is 0.443. The summed E-state index contributed by atoms with van der Waals surface area (Å²) in [5.74, 6) is 1.80. The van der Waals surface area contributed by atoms with E-state index in [9.17, 15) is 0 Å². The van der Waals surface area contributed by atoms with E-state index in [1.807, 2.05) is 12.3 Å². The van der Waals surface area contributed by atoms with Gasteiger partial charge in [0.1, 0.15) is 5.82 Å². The van der Waals surface area contributed by atoms with E-state index in [-0.39, 0.29) is 0 Å². The van der Waals surface area contributed by atoms with Crippen molar-refractivity contribution in [1.82, 2.24) is 4.98 Å². The van der Waals surface area contributed by atoms with Crippen molar-refractivity contribution in [2.24, 2.45) is 5.92 Å². The van der Waals surface area contributed by atoms with Crippen molar-refractivity contribution in [3.05, 3.63) is 18.3 Å². The molecular formula is C13H19N3. The van der Waals surface area contributed by atoms with E-state index >= 15 is 0 Å². The molecule has 3 nitrogen and oxygen atoms in total. The molecule has 1 fully saturated rings. The van der Waals surface area contributed by atoms with Gasteiger partial charge in [0, 0.05) is 18.8 Å². The van der Waals surface area contributed by atoms with Gasteiger partial charge in [0.2, 0.25) is 0 Å². The number of hydrogen-bond acceptors (Lipinski definition) is 3. The fourth-order valence-electron chi connectivity index (χ4n) is 2.90. The second kappa shape index (κ2) is 4.32. The van der Waals surface area contributed by atoms with E-state index in [2.05, 4.69) is 21.7 Å². The van der Waals surface area contributed by atoms with Crippen LogP contribution in [0.3, 0.4) is 0 Å². The highest BCUT2D eigenvalue weighted by Crippen LogP contribution is 2.31. The zero-order valence-corrected chi connectivity index (χ0v) is 9.58. The van der Waals surface area contributed by atoms with Crippen LogP contribution in [0.25, 0.3) is 0 Å². The Kier molecular flexibility index (Phi) is 2.68. The molecule has 0 radical (unpaired) electrons. The minimum absolute atomic E-state index is 0.617. The van der Waals surface area contributed by atoms with Gasteiger partial charge in [-0.1, -0.05) is 19.3 Å². The van der Waals surface area contributed by atoms with Gasteiger partial charge in [0.25, 0.3) is 0 Å². The quantitative estimate of drug-likeness (QED) is 0.701. The lowest BCUT2D eigenvalue weighted by atomic mass is 9.95. The maximum Gasteiger partial charge on any atom is 0.149 e. The van der Waals surface area contributed by atoms with Gasteiger partial charge >= 0.3 is 0 Å². The molecule has 86 valence electrons. The molecule has 2 aliphatic rings. The standard InChI is InChI=1S/C13H19N3/c1-2-5-10-9-15-12-7-4-8-14-13(12)16-11(10)6-3-1/h4,7-8,10-11,15H,1-3,5-6,9H2,(H,14,16). The van der Waals surface area contributed by atoms with Crippen molar-refractivity contribution in [1.29, 1.82) is 0 Å². The fourth-order valence-corrected chi connectivity index (χ4v) is 2.90. The van der Waals surface area contributed by atoms with Gasteiger partial charge in [-0.3, -0.25) is 0 Å². The Morgan fingerprint density at radius 1 is 1.19 bits per heavy atom. The van der Waals surface area contributed by atoms with Crippen LogP contribution in [0, 0.1) is 5.92 Å². The Bertz CT molecular complexity index is 364. The third-order valence-electron chi connectivity index (χ3n) is 3.84. The number of rotatable bonds is 0. The minimum atomic E-state index is 0.617. The van der Waals surface area contributed by atoms with Gasteiger partial charge in [-0.2, -0.15) is 0 Å². The van der Waals surface area contributed by atoms with Crippen LogP contribution in [0.4, 0.5) is 11.5 Å². The summed E-state index contributed by atoms with van der Waals surface area (Å²) in [7, 11) is 0. The number of hydrogen-bond donors (Lipinski definition) is 2. The second-order valence-electron chi connectivity index (χ2n) is 4.93. The Hall–Kier alpha value is -1.25. The molecule has 0 aromatic carbocycles. The van der Waals surface area contributed by atoms with Crippen LogP contribution in [-0.2, 0) is 0 Å². The predicted octanol–water partition coefficient (Wildman–Crippen LogP) is 2.87. The molecule has 16 heavy (non-hydrogen) atoms. The molecule has 2 N–H and O–H groups in total. The Balaban J connectivity index is 1.85. The van der Waals surface area contributed by atoms with Crippen LogP contribution in [0.2, 0.25) is 0 Å². The third kappa shape index (κ3) is 1.86. The summed E-state index contributed by atoms with van der Waals surface area (Å²) in [6.07, 6.45) is 8.64. The molecule has 1 aliphatic heterocycles. The van der Waals surface area contributed by atoms with Crippen LogP contribution in [0.1, 0.15) is 32.1 Å². The van der Waals surface area contributed by atoms with Crippen LogP contribution < -0.4 is 10.6 Å². The molecule has 0 saturated heterocycles. The van der Waals surface area contributed by atoms with Crippen molar-refractivity contribution >= 4 is 11.5 Å². The topological polar surface area (TPSA) is 37.0 Å². The van der Waals surface area contributed by atoms with Crippen LogP contribution in [0.5, 0.6) is 0 Å². The van der Waals surface area contributed by atoms with Crippen molar-refractivity contribution in [2.75, 3.05) is 17.2 Å². The first kappa shape index (κ1) is 9.94. The van der Waals surface area contributed by atoms with Gasteiger partial charge in [-0.15, -0.1) is 0 Å². The minimum Gasteiger partial charge on any atom is -0.382 e. The Morgan fingerprint density at radius 3 is 3.12 bits per heavy atom. The monoisotopic (exact) mass is 217 g/mol. The van der Waals surface area contributed by atoms with Crippen LogP contribution >= 0.6 is 0 Å². The van der Waals surface area contributed by atoms with Gasteiger partial charge in [0.15, 0.2) is 0 Å². The molecule has 3 heteroatoms. The molecule has 0 bridgehead atoms. The van der Waals surface area contributed by atoms with Crippen molar-refractivity contribution in [3.63, 3.8) is 0 Å². The van der Waals surface area contributed by atoms with Gasteiger partial charge in [-0.25, -0.2) is 4.98 Å². The molecular weight excluding hydrogens is 198 g/mol. The van der Waals surface area contributed by atoms with Crippen LogP contribution in [-0.4, -0.2) is 17.6 Å². The molecule has 1 saturated carbocycles. The fraction of sp³-hybridized carbons (Fsp3) is 0.615. The second-order valence-corrected chi connectivity index (χ2v) is 4.93. The third-order valence-corrected chi connectivity index (χ3v) is 3.84. The number of anilines is 2. The van der Waals surface area contributed by atoms with Gasteiger partial charge in [-0.05, 0) is 30.9 Å². The number of fused-ring (bicyclic) bond motifs is 2. The Morgan fingerprint density at radius 2 is 2.12 bits per heavy atom. The molecule has 1 aliphatic carbocycles. The molecule has 0 spiro atoms. The molecule has 2 unspecified atom stereocenters.